The molecule has 2 heteroatoms. The summed E-state index contributed by atoms with van der Waals surface area (Å²) in [4.78, 5) is 0. The fourth-order valence-corrected chi connectivity index (χ4v) is 2.73. The Hall–Kier alpha value is -3.52. The van der Waals surface area contributed by atoms with Crippen molar-refractivity contribution < 1.29 is 9.47 Å². The molecule has 0 amide bonds. The second kappa shape index (κ2) is 7.58. The topological polar surface area (TPSA) is 18.5 Å². The first-order valence-corrected chi connectivity index (χ1v) is 8.45. The van der Waals surface area contributed by atoms with Crippen LogP contribution in [0.2, 0.25) is 0 Å². The van der Waals surface area contributed by atoms with Crippen LogP contribution >= 0.6 is 0 Å². The van der Waals surface area contributed by atoms with Crippen LogP contribution in [0.3, 0.4) is 0 Å². The summed E-state index contributed by atoms with van der Waals surface area (Å²) in [7, 11) is 0. The predicted octanol–water partition coefficient (Wildman–Crippen LogP) is 6.74. The van der Waals surface area contributed by atoms with Gasteiger partial charge in [0, 0.05) is 11.1 Å². The third kappa shape index (κ3) is 3.60. The molecule has 0 aliphatic carbocycles. The molecule has 0 heterocycles. The number of hydrogen-bond donors (Lipinski definition) is 0. The van der Waals surface area contributed by atoms with E-state index in [0.717, 1.165) is 34.1 Å². The first kappa shape index (κ1) is 16.0. The Morgan fingerprint density at radius 3 is 1.73 bits per heavy atom. The summed E-state index contributed by atoms with van der Waals surface area (Å²) in [6.07, 6.45) is 0. The lowest BCUT2D eigenvalue weighted by Gasteiger charge is -2.15. The SMILES string of the molecule is [c]1ccc(-c2ccccc2Oc2ccccc2)c(Oc2ccccc2)c1. The van der Waals surface area contributed by atoms with Gasteiger partial charge in [0.25, 0.3) is 0 Å². The Morgan fingerprint density at radius 1 is 0.500 bits per heavy atom. The molecule has 26 heavy (non-hydrogen) atoms. The minimum absolute atomic E-state index is 0.739. The highest BCUT2D eigenvalue weighted by atomic mass is 16.5. The molecule has 0 aliphatic heterocycles. The van der Waals surface area contributed by atoms with E-state index in [1.54, 1.807) is 0 Å². The molecule has 4 aromatic rings. The van der Waals surface area contributed by atoms with E-state index in [2.05, 4.69) is 6.07 Å². The maximum atomic E-state index is 6.10. The maximum absolute atomic E-state index is 6.10. The van der Waals surface area contributed by atoms with E-state index < -0.39 is 0 Å². The largest absolute Gasteiger partial charge is 0.457 e. The van der Waals surface area contributed by atoms with Gasteiger partial charge >= 0.3 is 0 Å². The Morgan fingerprint density at radius 2 is 1.04 bits per heavy atom. The van der Waals surface area contributed by atoms with Crippen LogP contribution in [0.15, 0.2) is 103 Å². The molecule has 0 N–H and O–H groups in total. The van der Waals surface area contributed by atoms with Crippen molar-refractivity contribution in [1.82, 2.24) is 0 Å². The van der Waals surface area contributed by atoms with Crippen molar-refractivity contribution in [3.63, 3.8) is 0 Å². The van der Waals surface area contributed by atoms with Crippen molar-refractivity contribution in [2.75, 3.05) is 0 Å². The molecule has 0 unspecified atom stereocenters. The van der Waals surface area contributed by atoms with Crippen molar-refractivity contribution >= 4 is 0 Å². The first-order valence-electron chi connectivity index (χ1n) is 8.45. The number of hydrogen-bond acceptors (Lipinski definition) is 2. The molecular weight excluding hydrogens is 320 g/mol. The van der Waals surface area contributed by atoms with Crippen molar-refractivity contribution in [3.05, 3.63) is 109 Å². The van der Waals surface area contributed by atoms with E-state index in [4.69, 9.17) is 9.47 Å². The standard InChI is InChI=1S/C24H17O2/c1-3-11-19(12-4-1)25-23-17-9-7-15-21(23)22-16-8-10-18-24(22)26-20-13-5-2-6-14-20/h1-9,11-18H. The van der Waals surface area contributed by atoms with Gasteiger partial charge in [-0.15, -0.1) is 0 Å². The van der Waals surface area contributed by atoms with Gasteiger partial charge in [0.1, 0.15) is 23.0 Å². The number of benzene rings is 4. The second-order valence-electron chi connectivity index (χ2n) is 5.75. The summed E-state index contributed by atoms with van der Waals surface area (Å²) in [6, 6.07) is 36.3. The van der Waals surface area contributed by atoms with Crippen molar-refractivity contribution in [1.29, 1.82) is 0 Å². The van der Waals surface area contributed by atoms with Crippen molar-refractivity contribution in [2.45, 2.75) is 0 Å². The average molecular weight is 337 g/mol. The molecule has 0 bridgehead atoms. The molecule has 0 saturated heterocycles. The molecule has 1 radical (unpaired) electrons. The quantitative estimate of drug-likeness (QED) is 0.401. The third-order valence-electron chi connectivity index (χ3n) is 3.95. The van der Waals surface area contributed by atoms with Gasteiger partial charge in [0.2, 0.25) is 0 Å². The minimum Gasteiger partial charge on any atom is -0.457 e. The fraction of sp³-hybridized carbons (Fsp3) is 0. The van der Waals surface area contributed by atoms with Crippen LogP contribution in [0, 0.1) is 6.07 Å². The van der Waals surface area contributed by atoms with Gasteiger partial charge in [0.15, 0.2) is 0 Å². The van der Waals surface area contributed by atoms with Gasteiger partial charge in [-0.2, -0.15) is 0 Å². The summed E-state index contributed by atoms with van der Waals surface area (Å²) in [5.74, 6) is 3.11. The number of para-hydroxylation sites is 3. The number of ether oxygens (including phenoxy) is 2. The van der Waals surface area contributed by atoms with E-state index in [1.807, 2.05) is 103 Å². The third-order valence-corrected chi connectivity index (χ3v) is 3.95. The molecule has 125 valence electrons. The van der Waals surface area contributed by atoms with Crippen molar-refractivity contribution in [2.24, 2.45) is 0 Å². The molecule has 0 atom stereocenters. The maximum Gasteiger partial charge on any atom is 0.136 e. The van der Waals surface area contributed by atoms with Crippen LogP contribution in [-0.4, -0.2) is 0 Å². The van der Waals surface area contributed by atoms with Crippen LogP contribution in [0.5, 0.6) is 23.0 Å². The zero-order valence-corrected chi connectivity index (χ0v) is 14.1. The fourth-order valence-electron chi connectivity index (χ4n) is 2.73. The van der Waals surface area contributed by atoms with Gasteiger partial charge in [-0.3, -0.25) is 0 Å². The molecule has 0 aliphatic rings. The summed E-state index contributed by atoms with van der Waals surface area (Å²) in [5, 5.41) is 0. The van der Waals surface area contributed by atoms with Crippen LogP contribution < -0.4 is 9.47 Å². The summed E-state index contributed by atoms with van der Waals surface area (Å²) in [6.45, 7) is 0. The van der Waals surface area contributed by atoms with Gasteiger partial charge in [-0.25, -0.2) is 0 Å². The summed E-state index contributed by atoms with van der Waals surface area (Å²) >= 11 is 0. The minimum atomic E-state index is 0.739. The lowest BCUT2D eigenvalue weighted by molar-refractivity contribution is 0.477. The smallest absolute Gasteiger partial charge is 0.136 e. The predicted molar refractivity (Wildman–Crippen MR) is 104 cm³/mol. The number of rotatable bonds is 5. The molecule has 4 aromatic carbocycles. The Kier molecular flexibility index (Phi) is 4.66. The van der Waals surface area contributed by atoms with Gasteiger partial charge < -0.3 is 9.47 Å². The zero-order chi connectivity index (χ0) is 17.6. The van der Waals surface area contributed by atoms with E-state index in [0.29, 0.717) is 0 Å². The monoisotopic (exact) mass is 337 g/mol. The van der Waals surface area contributed by atoms with Gasteiger partial charge in [-0.05, 0) is 48.5 Å². The molecule has 0 saturated carbocycles. The van der Waals surface area contributed by atoms with E-state index in [-0.39, 0.29) is 0 Å². The molecule has 0 spiro atoms. The Balaban J connectivity index is 1.72. The summed E-state index contributed by atoms with van der Waals surface area (Å²) in [5.41, 5.74) is 1.93. The molecule has 2 nitrogen and oxygen atoms in total. The van der Waals surface area contributed by atoms with E-state index in [9.17, 15) is 0 Å². The van der Waals surface area contributed by atoms with Crippen LogP contribution in [0.4, 0.5) is 0 Å². The highest BCUT2D eigenvalue weighted by Crippen LogP contribution is 2.39. The van der Waals surface area contributed by atoms with Crippen LogP contribution in [-0.2, 0) is 0 Å². The highest BCUT2D eigenvalue weighted by Gasteiger charge is 2.12. The van der Waals surface area contributed by atoms with Crippen LogP contribution in [0.1, 0.15) is 0 Å². The van der Waals surface area contributed by atoms with Crippen molar-refractivity contribution in [3.8, 4) is 34.1 Å². The zero-order valence-electron chi connectivity index (χ0n) is 14.1. The molecule has 0 aromatic heterocycles. The van der Waals surface area contributed by atoms with Crippen LogP contribution in [0.25, 0.3) is 11.1 Å². The molecule has 4 rings (SSSR count). The van der Waals surface area contributed by atoms with Gasteiger partial charge in [-0.1, -0.05) is 60.7 Å². The Bertz CT molecular complexity index is 896. The lowest BCUT2D eigenvalue weighted by Crippen LogP contribution is -1.91. The summed E-state index contributed by atoms with van der Waals surface area (Å²) < 4.78 is 12.2. The normalized spacial score (nSPS) is 10.3. The van der Waals surface area contributed by atoms with Gasteiger partial charge in [0.05, 0.1) is 0 Å². The highest BCUT2D eigenvalue weighted by molar-refractivity contribution is 5.76. The first-order chi connectivity index (χ1) is 12.9. The second-order valence-corrected chi connectivity index (χ2v) is 5.75. The van der Waals surface area contributed by atoms with E-state index >= 15 is 0 Å². The lowest BCUT2D eigenvalue weighted by atomic mass is 10.0. The molecule has 0 fully saturated rings. The van der Waals surface area contributed by atoms with E-state index in [1.165, 1.54) is 0 Å². The Labute approximate surface area is 153 Å². The average Bonchev–Trinajstić information content (AvgIpc) is 2.71. The molecular formula is C24H17O2.